The first-order chi connectivity index (χ1) is 19.4. The summed E-state index contributed by atoms with van der Waals surface area (Å²) in [5.41, 5.74) is 16.0. The van der Waals surface area contributed by atoms with Crippen LogP contribution in [0.3, 0.4) is 0 Å². The van der Waals surface area contributed by atoms with Gasteiger partial charge in [0.2, 0.25) is 0 Å². The molecular formula is C32H48ClN5O2. The topological polar surface area (TPSA) is 98.1 Å². The highest BCUT2D eigenvalue weighted by Gasteiger charge is 2.11. The number of anilines is 2. The number of nitrogen functional groups attached to an aromatic ring is 1. The van der Waals surface area contributed by atoms with Gasteiger partial charge in [-0.3, -0.25) is 9.89 Å². The van der Waals surface area contributed by atoms with E-state index in [4.69, 9.17) is 32.5 Å². The number of aryl methyl sites for hydroxylation is 1. The molecule has 3 aromatic carbocycles. The largest absolute Gasteiger partial charge is 0.496 e. The molecule has 1 heterocycles. The number of nitrogens with zero attached hydrogens (tertiary/aromatic N) is 2. The summed E-state index contributed by atoms with van der Waals surface area (Å²) < 4.78 is 11.1. The van der Waals surface area contributed by atoms with Gasteiger partial charge >= 0.3 is 0 Å². The molecule has 0 atom stereocenters. The Balaban J connectivity index is 0.000000358. The minimum absolute atomic E-state index is 0.405. The zero-order chi connectivity index (χ0) is 29.9. The second-order valence-electron chi connectivity index (χ2n) is 8.60. The van der Waals surface area contributed by atoms with Crippen LogP contribution in [0.25, 0.3) is 11.1 Å². The lowest BCUT2D eigenvalue weighted by Gasteiger charge is -2.15. The fourth-order valence-corrected chi connectivity index (χ4v) is 4.32. The standard InChI is InChI=1S/C14H14ClNO.C14H22N4O.2C2H6/c1-9-6-10(8-11(16)7-9)14-12(15)4-3-5-13(14)17-2;1-16-14(15)17-12-4-6-13(7-5-12)19-11-10-18-8-2-3-9-18;2*1-2/h3-8H,16H2,1-2H3;4-7H,2-3,8-11H2,1H3,(H3,15,16,17);2*1-2H3. The summed E-state index contributed by atoms with van der Waals surface area (Å²) >= 11 is 6.23. The lowest BCUT2D eigenvalue weighted by atomic mass is 10.0. The second kappa shape index (κ2) is 19.6. The summed E-state index contributed by atoms with van der Waals surface area (Å²) in [6.07, 6.45) is 2.64. The third-order valence-corrected chi connectivity index (χ3v) is 6.14. The van der Waals surface area contributed by atoms with E-state index in [0.717, 1.165) is 52.7 Å². The summed E-state index contributed by atoms with van der Waals surface area (Å²) in [4.78, 5) is 6.29. The molecule has 0 aliphatic carbocycles. The SMILES string of the molecule is CC.CC.CN=C(N)Nc1ccc(OCCN2CCCC2)cc1.COc1cccc(Cl)c1-c1cc(C)cc(N)c1. The molecule has 1 fully saturated rings. The van der Waals surface area contributed by atoms with Crippen molar-refractivity contribution in [3.8, 4) is 22.6 Å². The van der Waals surface area contributed by atoms with E-state index in [0.29, 0.717) is 11.0 Å². The predicted octanol–water partition coefficient (Wildman–Crippen LogP) is 7.48. The Bertz CT molecular complexity index is 1130. The molecule has 40 heavy (non-hydrogen) atoms. The maximum absolute atomic E-state index is 6.23. The van der Waals surface area contributed by atoms with E-state index in [9.17, 15) is 0 Å². The molecule has 1 aliphatic rings. The summed E-state index contributed by atoms with van der Waals surface area (Å²) in [7, 11) is 3.28. The molecule has 0 unspecified atom stereocenters. The number of hydrogen-bond donors (Lipinski definition) is 3. The molecule has 0 bridgehead atoms. The van der Waals surface area contributed by atoms with Gasteiger partial charge in [-0.1, -0.05) is 51.4 Å². The van der Waals surface area contributed by atoms with Crippen LogP contribution < -0.4 is 26.3 Å². The van der Waals surface area contributed by atoms with Crippen molar-refractivity contribution in [3.05, 3.63) is 71.2 Å². The molecular weight excluding hydrogens is 522 g/mol. The van der Waals surface area contributed by atoms with E-state index in [1.54, 1.807) is 14.2 Å². The van der Waals surface area contributed by atoms with Gasteiger partial charge in [0.25, 0.3) is 0 Å². The fourth-order valence-electron chi connectivity index (χ4n) is 4.05. The Morgan fingerprint density at radius 2 is 1.65 bits per heavy atom. The maximum Gasteiger partial charge on any atom is 0.192 e. The molecule has 0 spiro atoms. The third kappa shape index (κ3) is 11.8. The van der Waals surface area contributed by atoms with Crippen molar-refractivity contribution >= 4 is 28.9 Å². The predicted molar refractivity (Wildman–Crippen MR) is 174 cm³/mol. The maximum atomic E-state index is 6.23. The Hall–Kier alpha value is -3.42. The van der Waals surface area contributed by atoms with Crippen LogP contribution >= 0.6 is 11.6 Å². The monoisotopic (exact) mass is 569 g/mol. The summed E-state index contributed by atoms with van der Waals surface area (Å²) in [6.45, 7) is 14.2. The minimum Gasteiger partial charge on any atom is -0.496 e. The molecule has 5 N–H and O–H groups in total. The van der Waals surface area contributed by atoms with Gasteiger partial charge in [-0.2, -0.15) is 0 Å². The van der Waals surface area contributed by atoms with Crippen LogP contribution in [0, 0.1) is 6.92 Å². The third-order valence-electron chi connectivity index (χ3n) is 5.83. The lowest BCUT2D eigenvalue weighted by molar-refractivity contribution is 0.238. The van der Waals surface area contributed by atoms with Crippen molar-refractivity contribution in [2.45, 2.75) is 47.5 Å². The first kappa shape index (κ1) is 34.6. The lowest BCUT2D eigenvalue weighted by Crippen LogP contribution is -2.25. The van der Waals surface area contributed by atoms with Gasteiger partial charge in [-0.25, -0.2) is 0 Å². The van der Waals surface area contributed by atoms with E-state index in [1.165, 1.54) is 25.9 Å². The molecule has 1 aliphatic heterocycles. The molecule has 8 heteroatoms. The number of likely N-dealkylation sites (tertiary alicyclic amines) is 1. The van der Waals surface area contributed by atoms with Crippen molar-refractivity contribution in [1.82, 2.24) is 4.90 Å². The van der Waals surface area contributed by atoms with E-state index in [1.807, 2.05) is 95.3 Å². The van der Waals surface area contributed by atoms with Gasteiger partial charge < -0.3 is 26.3 Å². The van der Waals surface area contributed by atoms with Crippen molar-refractivity contribution in [1.29, 1.82) is 0 Å². The molecule has 0 radical (unpaired) electrons. The van der Waals surface area contributed by atoms with Crippen LogP contribution in [0.4, 0.5) is 11.4 Å². The van der Waals surface area contributed by atoms with E-state index >= 15 is 0 Å². The molecule has 0 amide bonds. The summed E-state index contributed by atoms with van der Waals surface area (Å²) in [5, 5.41) is 3.65. The number of guanidine groups is 1. The Morgan fingerprint density at radius 1 is 1.00 bits per heavy atom. The van der Waals surface area contributed by atoms with E-state index in [-0.39, 0.29) is 0 Å². The van der Waals surface area contributed by atoms with Gasteiger partial charge in [0.1, 0.15) is 18.1 Å². The highest BCUT2D eigenvalue weighted by Crippen LogP contribution is 2.37. The number of nitrogens with one attached hydrogen (secondary N) is 1. The number of benzene rings is 3. The Labute approximate surface area is 246 Å². The number of ether oxygens (including phenoxy) is 2. The molecule has 0 saturated carbocycles. The molecule has 3 aromatic rings. The smallest absolute Gasteiger partial charge is 0.192 e. The molecule has 0 aromatic heterocycles. The van der Waals surface area contributed by atoms with Crippen molar-refractivity contribution in [2.75, 3.05) is 51.4 Å². The van der Waals surface area contributed by atoms with Crippen molar-refractivity contribution in [3.63, 3.8) is 0 Å². The van der Waals surface area contributed by atoms with Crippen LogP contribution in [-0.4, -0.2) is 51.3 Å². The van der Waals surface area contributed by atoms with E-state index in [2.05, 4.69) is 15.2 Å². The molecule has 1 saturated heterocycles. The van der Waals surface area contributed by atoms with Crippen LogP contribution in [0.1, 0.15) is 46.1 Å². The van der Waals surface area contributed by atoms with Gasteiger partial charge in [0.15, 0.2) is 5.96 Å². The summed E-state index contributed by atoms with van der Waals surface area (Å²) in [5.74, 6) is 2.04. The van der Waals surface area contributed by atoms with Crippen molar-refractivity contribution in [2.24, 2.45) is 10.7 Å². The van der Waals surface area contributed by atoms with Gasteiger partial charge in [0, 0.05) is 30.5 Å². The Kier molecular flexibility index (Phi) is 17.0. The van der Waals surface area contributed by atoms with Crippen LogP contribution in [0.2, 0.25) is 5.02 Å². The molecule has 7 nitrogen and oxygen atoms in total. The van der Waals surface area contributed by atoms with Crippen molar-refractivity contribution < 1.29 is 9.47 Å². The number of hydrogen-bond acceptors (Lipinski definition) is 5. The Morgan fingerprint density at radius 3 is 2.23 bits per heavy atom. The van der Waals surface area contributed by atoms with Gasteiger partial charge in [-0.15, -0.1) is 0 Å². The number of nitrogens with two attached hydrogens (primary N) is 2. The van der Waals surface area contributed by atoms with Crippen LogP contribution in [0.15, 0.2) is 65.7 Å². The normalized spacial score (nSPS) is 12.6. The first-order valence-electron chi connectivity index (χ1n) is 14.0. The number of aliphatic imine (C=N–C) groups is 1. The number of methoxy groups -OCH3 is 1. The molecule has 4 rings (SSSR count). The quantitative estimate of drug-likeness (QED) is 0.155. The van der Waals surface area contributed by atoms with Crippen LogP contribution in [0.5, 0.6) is 11.5 Å². The van der Waals surface area contributed by atoms with Gasteiger partial charge in [-0.05, 0) is 92.5 Å². The first-order valence-corrected chi connectivity index (χ1v) is 14.4. The number of rotatable bonds is 7. The van der Waals surface area contributed by atoms with Crippen LogP contribution in [-0.2, 0) is 0 Å². The minimum atomic E-state index is 0.405. The fraction of sp³-hybridized carbons (Fsp3) is 0.406. The van der Waals surface area contributed by atoms with Gasteiger partial charge in [0.05, 0.1) is 12.1 Å². The van der Waals surface area contributed by atoms with E-state index < -0.39 is 0 Å². The average Bonchev–Trinajstić information content (AvgIpc) is 3.49. The highest BCUT2D eigenvalue weighted by molar-refractivity contribution is 6.33. The zero-order valence-corrected chi connectivity index (χ0v) is 26.0. The summed E-state index contributed by atoms with van der Waals surface area (Å²) in [6, 6.07) is 19.2. The average molecular weight is 570 g/mol. The number of halogens is 1. The second-order valence-corrected chi connectivity index (χ2v) is 9.01. The molecule has 220 valence electrons. The highest BCUT2D eigenvalue weighted by atomic mass is 35.5. The zero-order valence-electron chi connectivity index (χ0n) is 25.3.